The molecule has 0 radical (unpaired) electrons. The number of carbonyl (C=O) groups is 3. The number of likely N-dealkylation sites (tertiary alicyclic amines) is 1. The molecule has 1 saturated carbocycles. The van der Waals surface area contributed by atoms with Crippen molar-refractivity contribution in [2.75, 3.05) is 19.8 Å². The standard InChI is InChI=1S/C27H38N2O6/c1-2-18(17-30)29-23-25(32)28(19-11-6-5-7-12-19)15-10-14-27(23)22(24(29)31)21-20(35-27)13-8-3-4-9-16-34-26(21)33/h8,10,13-14,18-23,30H,2-7,9,11-12,15-17H2,1H3/b13-8-/t18-,20-,21+,22-,23?,27-/m0/s1. The smallest absolute Gasteiger partial charge is 0.312 e. The number of nitrogens with zero attached hydrogens (tertiary/aromatic N) is 2. The highest BCUT2D eigenvalue weighted by atomic mass is 16.6. The second kappa shape index (κ2) is 10.1. The van der Waals surface area contributed by atoms with Gasteiger partial charge in [0.25, 0.3) is 0 Å². The van der Waals surface area contributed by atoms with Gasteiger partial charge in [0.05, 0.1) is 31.3 Å². The van der Waals surface area contributed by atoms with Crippen LogP contribution in [0, 0.1) is 11.8 Å². The van der Waals surface area contributed by atoms with Crippen LogP contribution in [0.1, 0.15) is 64.7 Å². The zero-order valence-electron chi connectivity index (χ0n) is 20.6. The fraction of sp³-hybridized carbons (Fsp3) is 0.741. The molecule has 0 aromatic carbocycles. The van der Waals surface area contributed by atoms with E-state index in [4.69, 9.17) is 9.47 Å². The molecule has 0 aromatic rings. The molecular formula is C27H38N2O6. The Labute approximate surface area is 207 Å². The van der Waals surface area contributed by atoms with Crippen molar-refractivity contribution in [3.8, 4) is 0 Å². The third-order valence-electron chi connectivity index (χ3n) is 8.66. The Balaban J connectivity index is 1.59. The zero-order chi connectivity index (χ0) is 24.6. The van der Waals surface area contributed by atoms with E-state index in [1.165, 1.54) is 6.42 Å². The summed E-state index contributed by atoms with van der Waals surface area (Å²) >= 11 is 0. The monoisotopic (exact) mass is 486 g/mol. The van der Waals surface area contributed by atoms with E-state index in [1.807, 2.05) is 36.1 Å². The largest absolute Gasteiger partial charge is 0.465 e. The summed E-state index contributed by atoms with van der Waals surface area (Å²) in [6, 6.07) is -1.29. The fourth-order valence-electron chi connectivity index (χ4n) is 6.90. The molecule has 1 unspecified atom stereocenters. The van der Waals surface area contributed by atoms with E-state index < -0.39 is 41.6 Å². The summed E-state index contributed by atoms with van der Waals surface area (Å²) in [6.07, 6.45) is 15.4. The first-order valence-corrected chi connectivity index (χ1v) is 13.5. The quantitative estimate of drug-likeness (QED) is 0.484. The Kier molecular flexibility index (Phi) is 7.04. The van der Waals surface area contributed by atoms with Gasteiger partial charge in [-0.15, -0.1) is 0 Å². The van der Waals surface area contributed by atoms with Gasteiger partial charge in [-0.1, -0.05) is 50.5 Å². The first-order valence-electron chi connectivity index (χ1n) is 13.5. The minimum Gasteiger partial charge on any atom is -0.465 e. The summed E-state index contributed by atoms with van der Waals surface area (Å²) in [5.41, 5.74) is -1.26. The van der Waals surface area contributed by atoms with E-state index in [-0.39, 0.29) is 24.5 Å². The Bertz CT molecular complexity index is 892. The molecule has 4 heterocycles. The number of ether oxygens (including phenoxy) is 2. The number of fused-ring (bicyclic) bond motifs is 2. The van der Waals surface area contributed by atoms with E-state index in [1.54, 1.807) is 4.90 Å². The topological polar surface area (TPSA) is 96.4 Å². The maximum absolute atomic E-state index is 14.3. The molecule has 5 aliphatic rings. The van der Waals surface area contributed by atoms with Crippen LogP contribution < -0.4 is 0 Å². The van der Waals surface area contributed by atoms with Crippen LogP contribution in [0.4, 0.5) is 0 Å². The zero-order valence-corrected chi connectivity index (χ0v) is 20.6. The molecule has 4 aliphatic heterocycles. The Morgan fingerprint density at radius 3 is 2.63 bits per heavy atom. The summed E-state index contributed by atoms with van der Waals surface area (Å²) in [7, 11) is 0. The van der Waals surface area contributed by atoms with Gasteiger partial charge in [-0.2, -0.15) is 0 Å². The molecule has 0 aromatic heterocycles. The lowest BCUT2D eigenvalue weighted by atomic mass is 9.77. The summed E-state index contributed by atoms with van der Waals surface area (Å²) in [5.74, 6) is -2.55. The third-order valence-corrected chi connectivity index (χ3v) is 8.66. The Morgan fingerprint density at radius 2 is 1.89 bits per heavy atom. The van der Waals surface area contributed by atoms with Gasteiger partial charge in [0.2, 0.25) is 11.8 Å². The number of aliphatic hydroxyl groups excluding tert-OH is 1. The molecule has 8 heteroatoms. The number of hydrogen-bond acceptors (Lipinski definition) is 6. The highest BCUT2D eigenvalue weighted by Crippen LogP contribution is 2.54. The van der Waals surface area contributed by atoms with Crippen LogP contribution in [0.15, 0.2) is 24.3 Å². The maximum atomic E-state index is 14.3. The summed E-state index contributed by atoms with van der Waals surface area (Å²) < 4.78 is 12.2. The summed E-state index contributed by atoms with van der Waals surface area (Å²) in [6.45, 7) is 2.43. The van der Waals surface area contributed by atoms with Gasteiger partial charge >= 0.3 is 5.97 Å². The van der Waals surface area contributed by atoms with Crippen molar-refractivity contribution in [2.24, 2.45) is 11.8 Å². The van der Waals surface area contributed by atoms with Crippen molar-refractivity contribution in [3.05, 3.63) is 24.3 Å². The predicted octanol–water partition coefficient (Wildman–Crippen LogP) is 2.35. The average Bonchev–Trinajstić information content (AvgIpc) is 3.26. The molecule has 5 rings (SSSR count). The molecular weight excluding hydrogens is 448 g/mol. The fourth-order valence-corrected chi connectivity index (χ4v) is 6.90. The molecule has 1 spiro atoms. The van der Waals surface area contributed by atoms with Crippen molar-refractivity contribution in [1.82, 2.24) is 9.80 Å². The number of aliphatic hydroxyl groups is 1. The molecule has 1 N–H and O–H groups in total. The molecule has 35 heavy (non-hydrogen) atoms. The van der Waals surface area contributed by atoms with E-state index in [9.17, 15) is 19.5 Å². The highest BCUT2D eigenvalue weighted by Gasteiger charge is 2.72. The lowest BCUT2D eigenvalue weighted by molar-refractivity contribution is -0.157. The molecule has 3 fully saturated rings. The van der Waals surface area contributed by atoms with Crippen molar-refractivity contribution in [2.45, 2.75) is 94.5 Å². The van der Waals surface area contributed by atoms with Crippen molar-refractivity contribution < 1.29 is 29.0 Å². The molecule has 0 bridgehead atoms. The first kappa shape index (κ1) is 24.5. The van der Waals surface area contributed by atoms with Crippen LogP contribution in [-0.2, 0) is 23.9 Å². The molecule has 2 amide bonds. The SMILES string of the molecule is CC[C@@H](CO)N1C(=O)[C@@H]2[C@@H]3C(=O)OCCCC/C=C\[C@@H]3O[C@@]23C=CCN(C2CCCCC2)C(=O)C13. The minimum absolute atomic E-state index is 0.133. The third kappa shape index (κ3) is 4.02. The van der Waals surface area contributed by atoms with Crippen LogP contribution in [0.5, 0.6) is 0 Å². The van der Waals surface area contributed by atoms with Gasteiger partial charge in [-0.05, 0) is 38.5 Å². The van der Waals surface area contributed by atoms with Crippen LogP contribution in [-0.4, -0.2) is 82.3 Å². The van der Waals surface area contributed by atoms with Crippen molar-refractivity contribution >= 4 is 17.8 Å². The van der Waals surface area contributed by atoms with E-state index in [0.29, 0.717) is 19.6 Å². The lowest BCUT2D eigenvalue weighted by Gasteiger charge is -2.41. The lowest BCUT2D eigenvalue weighted by Crippen LogP contribution is -2.59. The number of cyclic esters (lactones) is 1. The molecule has 192 valence electrons. The number of esters is 1. The first-order chi connectivity index (χ1) is 17.0. The molecule has 1 aliphatic carbocycles. The van der Waals surface area contributed by atoms with E-state index in [0.717, 1.165) is 44.9 Å². The van der Waals surface area contributed by atoms with E-state index >= 15 is 0 Å². The van der Waals surface area contributed by atoms with Crippen LogP contribution in [0.3, 0.4) is 0 Å². The Hall–Kier alpha value is -2.19. The van der Waals surface area contributed by atoms with Gasteiger partial charge in [-0.25, -0.2) is 0 Å². The van der Waals surface area contributed by atoms with Crippen LogP contribution in [0.2, 0.25) is 0 Å². The summed E-state index contributed by atoms with van der Waals surface area (Å²) in [4.78, 5) is 45.1. The van der Waals surface area contributed by atoms with Gasteiger partial charge in [0, 0.05) is 12.6 Å². The average molecular weight is 487 g/mol. The number of amides is 2. The van der Waals surface area contributed by atoms with Gasteiger partial charge in [0.15, 0.2) is 0 Å². The van der Waals surface area contributed by atoms with Crippen molar-refractivity contribution in [3.63, 3.8) is 0 Å². The summed E-state index contributed by atoms with van der Waals surface area (Å²) in [5, 5.41) is 10.2. The van der Waals surface area contributed by atoms with Gasteiger partial charge < -0.3 is 24.4 Å². The number of hydrogen-bond donors (Lipinski definition) is 1. The van der Waals surface area contributed by atoms with Crippen molar-refractivity contribution in [1.29, 1.82) is 0 Å². The molecule has 2 saturated heterocycles. The second-order valence-corrected chi connectivity index (χ2v) is 10.6. The Morgan fingerprint density at radius 1 is 1.09 bits per heavy atom. The number of carbonyl (C=O) groups excluding carboxylic acids is 3. The van der Waals surface area contributed by atoms with Gasteiger partial charge in [0.1, 0.15) is 17.6 Å². The molecule has 6 atom stereocenters. The van der Waals surface area contributed by atoms with Gasteiger partial charge in [-0.3, -0.25) is 14.4 Å². The number of rotatable bonds is 4. The second-order valence-electron chi connectivity index (χ2n) is 10.6. The number of allylic oxidation sites excluding steroid dienone is 1. The predicted molar refractivity (Wildman–Crippen MR) is 128 cm³/mol. The van der Waals surface area contributed by atoms with E-state index in [2.05, 4.69) is 0 Å². The minimum atomic E-state index is -1.26. The highest BCUT2D eigenvalue weighted by molar-refractivity contribution is 5.99. The maximum Gasteiger partial charge on any atom is 0.312 e. The van der Waals surface area contributed by atoms with Crippen LogP contribution in [0.25, 0.3) is 0 Å². The van der Waals surface area contributed by atoms with Crippen LogP contribution >= 0.6 is 0 Å². The molecule has 8 nitrogen and oxygen atoms in total. The normalized spacial score (nSPS) is 37.8.